The van der Waals surface area contributed by atoms with Crippen molar-refractivity contribution >= 4 is 34.8 Å². The van der Waals surface area contributed by atoms with Crippen molar-refractivity contribution in [2.45, 2.75) is 32.9 Å². The van der Waals surface area contributed by atoms with Crippen molar-refractivity contribution in [3.05, 3.63) is 63.2 Å². The van der Waals surface area contributed by atoms with E-state index in [0.717, 1.165) is 11.6 Å². The first-order valence-corrected chi connectivity index (χ1v) is 8.76. The van der Waals surface area contributed by atoms with Crippen molar-refractivity contribution in [3.8, 4) is 0 Å². The maximum atomic E-state index is 11.8. The molecule has 2 atom stereocenters. The molecule has 2 unspecified atom stereocenters. The zero-order valence-corrected chi connectivity index (χ0v) is 16.1. The third-order valence-corrected chi connectivity index (χ3v) is 3.93. The van der Waals surface area contributed by atoms with Gasteiger partial charge in [-0.05, 0) is 25.5 Å². The number of anilines is 2. The number of hydrogen-bond acceptors (Lipinski definition) is 7. The summed E-state index contributed by atoms with van der Waals surface area (Å²) in [5, 5.41) is 16.5. The van der Waals surface area contributed by atoms with Crippen LogP contribution < -0.4 is 16.4 Å². The maximum Gasteiger partial charge on any atom is 0.409 e. The summed E-state index contributed by atoms with van der Waals surface area (Å²) in [5.74, 6) is 0. The second-order valence-corrected chi connectivity index (χ2v) is 6.33. The standard InChI is InChI=1S/C18H21ClN4O5/c1-11(21-16-9-15(20)17(23(25)26)8-14(16)19)28-12(2)22-18(24)27-10-13-6-4-3-5-7-13/h3-9,11-12,21H,10,20H2,1-2H3,(H,22,24). The minimum absolute atomic E-state index is 0.0280. The number of nitrogens with one attached hydrogen (secondary N) is 2. The number of hydrogen-bond donors (Lipinski definition) is 3. The fraction of sp³-hybridized carbons (Fsp3) is 0.278. The van der Waals surface area contributed by atoms with E-state index in [9.17, 15) is 14.9 Å². The van der Waals surface area contributed by atoms with E-state index < -0.39 is 23.5 Å². The molecule has 0 heterocycles. The molecule has 28 heavy (non-hydrogen) atoms. The fourth-order valence-electron chi connectivity index (χ4n) is 2.37. The number of rotatable bonds is 8. The van der Waals surface area contributed by atoms with Gasteiger partial charge in [0.25, 0.3) is 5.69 Å². The lowest BCUT2D eigenvalue weighted by Gasteiger charge is -2.22. The summed E-state index contributed by atoms with van der Waals surface area (Å²) >= 11 is 6.04. The van der Waals surface area contributed by atoms with Crippen molar-refractivity contribution in [3.63, 3.8) is 0 Å². The van der Waals surface area contributed by atoms with Gasteiger partial charge < -0.3 is 20.5 Å². The van der Waals surface area contributed by atoms with Crippen molar-refractivity contribution in [2.24, 2.45) is 0 Å². The highest BCUT2D eigenvalue weighted by molar-refractivity contribution is 6.33. The van der Waals surface area contributed by atoms with Crippen LogP contribution in [0.2, 0.25) is 5.02 Å². The van der Waals surface area contributed by atoms with Gasteiger partial charge in [-0.3, -0.25) is 15.4 Å². The van der Waals surface area contributed by atoms with E-state index in [4.69, 9.17) is 26.8 Å². The van der Waals surface area contributed by atoms with Crippen LogP contribution in [0.4, 0.5) is 21.9 Å². The van der Waals surface area contributed by atoms with E-state index in [-0.39, 0.29) is 23.0 Å². The molecule has 10 heteroatoms. The van der Waals surface area contributed by atoms with Gasteiger partial charge in [0.05, 0.1) is 15.6 Å². The Morgan fingerprint density at radius 1 is 1.25 bits per heavy atom. The lowest BCUT2D eigenvalue weighted by molar-refractivity contribution is -0.383. The average Bonchev–Trinajstić information content (AvgIpc) is 2.63. The summed E-state index contributed by atoms with van der Waals surface area (Å²) in [6, 6.07) is 11.8. The normalized spacial score (nSPS) is 12.7. The zero-order chi connectivity index (χ0) is 20.7. The van der Waals surface area contributed by atoms with Crippen LogP contribution in [-0.4, -0.2) is 23.5 Å². The van der Waals surface area contributed by atoms with Gasteiger partial charge in [0.2, 0.25) is 0 Å². The second-order valence-electron chi connectivity index (χ2n) is 5.92. The minimum atomic E-state index is -0.667. The number of amides is 1. The van der Waals surface area contributed by atoms with Crippen LogP contribution in [0.15, 0.2) is 42.5 Å². The van der Waals surface area contributed by atoms with Gasteiger partial charge in [0.1, 0.15) is 24.8 Å². The molecule has 0 saturated heterocycles. The van der Waals surface area contributed by atoms with E-state index in [2.05, 4.69) is 10.6 Å². The number of benzene rings is 2. The Kier molecular flexibility index (Phi) is 7.42. The van der Waals surface area contributed by atoms with E-state index in [1.54, 1.807) is 13.8 Å². The number of nitrogens with zero attached hydrogens (tertiary/aromatic N) is 1. The number of alkyl carbamates (subject to hydrolysis) is 1. The maximum absolute atomic E-state index is 11.8. The molecule has 0 aromatic heterocycles. The Labute approximate surface area is 166 Å². The van der Waals surface area contributed by atoms with Crippen molar-refractivity contribution in [1.29, 1.82) is 0 Å². The summed E-state index contributed by atoms with van der Waals surface area (Å²) in [6.07, 6.45) is -1.87. The van der Waals surface area contributed by atoms with Crippen molar-refractivity contribution in [1.82, 2.24) is 5.32 Å². The first-order chi connectivity index (χ1) is 13.3. The molecule has 0 bridgehead atoms. The van der Waals surface area contributed by atoms with E-state index in [1.807, 2.05) is 30.3 Å². The summed E-state index contributed by atoms with van der Waals surface area (Å²) in [5.41, 5.74) is 6.59. The molecule has 2 aromatic carbocycles. The van der Waals surface area contributed by atoms with Gasteiger partial charge in [0.15, 0.2) is 0 Å². The molecule has 0 fully saturated rings. The van der Waals surface area contributed by atoms with Crippen LogP contribution in [0.3, 0.4) is 0 Å². The van der Waals surface area contributed by atoms with Gasteiger partial charge in [-0.1, -0.05) is 41.9 Å². The number of carbonyl (C=O) groups excluding carboxylic acids is 1. The summed E-state index contributed by atoms with van der Waals surface area (Å²) in [7, 11) is 0. The molecule has 150 valence electrons. The fourth-order valence-corrected chi connectivity index (χ4v) is 2.58. The molecule has 0 aliphatic carbocycles. The molecule has 0 saturated carbocycles. The molecule has 2 rings (SSSR count). The van der Waals surface area contributed by atoms with Gasteiger partial charge in [-0.2, -0.15) is 0 Å². The molecular weight excluding hydrogens is 388 g/mol. The molecule has 1 amide bonds. The highest BCUT2D eigenvalue weighted by Gasteiger charge is 2.18. The minimum Gasteiger partial charge on any atom is -0.445 e. The number of nitro benzene ring substituents is 1. The number of nitro groups is 1. The monoisotopic (exact) mass is 408 g/mol. The van der Waals surface area contributed by atoms with Gasteiger partial charge in [-0.15, -0.1) is 0 Å². The zero-order valence-electron chi connectivity index (χ0n) is 15.3. The smallest absolute Gasteiger partial charge is 0.409 e. The van der Waals surface area contributed by atoms with Gasteiger partial charge in [-0.25, -0.2) is 4.79 Å². The van der Waals surface area contributed by atoms with Crippen LogP contribution in [-0.2, 0) is 16.1 Å². The molecule has 0 aliphatic rings. The summed E-state index contributed by atoms with van der Waals surface area (Å²) < 4.78 is 10.7. The first kappa shape index (κ1) is 21.3. The van der Waals surface area contributed by atoms with E-state index >= 15 is 0 Å². The van der Waals surface area contributed by atoms with Gasteiger partial charge in [0, 0.05) is 6.07 Å². The number of halogens is 1. The molecule has 0 aliphatic heterocycles. The summed E-state index contributed by atoms with van der Waals surface area (Å²) in [4.78, 5) is 22.1. The first-order valence-electron chi connectivity index (χ1n) is 8.39. The largest absolute Gasteiger partial charge is 0.445 e. The Bertz CT molecular complexity index is 834. The number of nitrogen functional groups attached to an aromatic ring is 1. The highest BCUT2D eigenvalue weighted by Crippen LogP contribution is 2.32. The van der Waals surface area contributed by atoms with Crippen LogP contribution in [0, 0.1) is 10.1 Å². The third kappa shape index (κ3) is 6.29. The number of carbonyl (C=O) groups is 1. The topological polar surface area (TPSA) is 129 Å². The lowest BCUT2D eigenvalue weighted by Crippen LogP contribution is -2.38. The Morgan fingerprint density at radius 2 is 1.93 bits per heavy atom. The molecular formula is C18H21ClN4O5. The second kappa shape index (κ2) is 9.77. The molecule has 0 radical (unpaired) electrons. The molecule has 4 N–H and O–H groups in total. The number of nitrogens with two attached hydrogens (primary N) is 1. The highest BCUT2D eigenvalue weighted by atomic mass is 35.5. The van der Waals surface area contributed by atoms with Crippen LogP contribution in [0.25, 0.3) is 0 Å². The van der Waals surface area contributed by atoms with E-state index in [1.165, 1.54) is 6.07 Å². The Hall–Kier alpha value is -3.04. The quantitative estimate of drug-likeness (QED) is 0.261. The SMILES string of the molecule is CC(NC(=O)OCc1ccccc1)OC(C)Nc1cc(N)c([N+](=O)[O-])cc1Cl. The predicted octanol–water partition coefficient (Wildman–Crippen LogP) is 3.88. The third-order valence-electron chi connectivity index (χ3n) is 3.61. The molecule has 2 aromatic rings. The van der Waals surface area contributed by atoms with Gasteiger partial charge >= 0.3 is 6.09 Å². The van der Waals surface area contributed by atoms with Crippen LogP contribution in [0.1, 0.15) is 19.4 Å². The molecule has 0 spiro atoms. The average molecular weight is 409 g/mol. The Balaban J connectivity index is 1.83. The molecule has 9 nitrogen and oxygen atoms in total. The van der Waals surface area contributed by atoms with Crippen LogP contribution >= 0.6 is 11.6 Å². The number of ether oxygens (including phenoxy) is 2. The lowest BCUT2D eigenvalue weighted by atomic mass is 10.2. The Morgan fingerprint density at radius 3 is 2.57 bits per heavy atom. The van der Waals surface area contributed by atoms with Crippen molar-refractivity contribution < 1.29 is 19.2 Å². The van der Waals surface area contributed by atoms with Crippen LogP contribution in [0.5, 0.6) is 0 Å². The van der Waals surface area contributed by atoms with Crippen molar-refractivity contribution in [2.75, 3.05) is 11.1 Å². The van der Waals surface area contributed by atoms with E-state index in [0.29, 0.717) is 5.69 Å². The summed E-state index contributed by atoms with van der Waals surface area (Å²) in [6.45, 7) is 3.46. The predicted molar refractivity (Wildman–Crippen MR) is 106 cm³/mol.